The molecule has 0 spiro atoms. The van der Waals surface area contributed by atoms with Crippen LogP contribution in [0, 0.1) is 0 Å². The molecule has 0 bridgehead atoms. The Hall–Kier alpha value is -0.670. The van der Waals surface area contributed by atoms with Crippen LogP contribution in [0.4, 0.5) is 0 Å². The average molecular weight is 169 g/mol. The van der Waals surface area contributed by atoms with Gasteiger partial charge in [0.05, 0.1) is 0 Å². The minimum absolute atomic E-state index is 0.181. The van der Waals surface area contributed by atoms with Crippen LogP contribution in [0.15, 0.2) is 24.3 Å². The molecule has 0 saturated carbocycles. The molecule has 0 aliphatic rings. The topological polar surface area (TPSA) is 46.2 Å². The van der Waals surface area contributed by atoms with Crippen molar-refractivity contribution in [2.45, 2.75) is 6.04 Å². The summed E-state index contributed by atoms with van der Waals surface area (Å²) in [4.78, 5) is 0. The number of para-hydroxylation sites is 1. The van der Waals surface area contributed by atoms with Crippen molar-refractivity contribution < 1.29 is 5.11 Å². The molecule has 0 fully saturated rings. The fourth-order valence-corrected chi connectivity index (χ4v) is 1.10. The van der Waals surface area contributed by atoms with Gasteiger partial charge in [-0.25, -0.2) is 0 Å². The molecule has 0 aromatic heterocycles. The summed E-state index contributed by atoms with van der Waals surface area (Å²) in [5.74, 6) is 0.784. The average Bonchev–Trinajstić information content (AvgIpc) is 2.04. The van der Waals surface area contributed by atoms with E-state index in [1.165, 1.54) is 0 Å². The number of nitrogens with two attached hydrogens (primary N) is 1. The van der Waals surface area contributed by atoms with E-state index in [0.717, 1.165) is 5.56 Å². The highest BCUT2D eigenvalue weighted by molar-refractivity contribution is 7.80. The first-order valence-corrected chi connectivity index (χ1v) is 4.03. The highest BCUT2D eigenvalue weighted by Crippen LogP contribution is 2.21. The number of rotatable bonds is 2. The van der Waals surface area contributed by atoms with Gasteiger partial charge >= 0.3 is 0 Å². The summed E-state index contributed by atoms with van der Waals surface area (Å²) >= 11 is 4.04. The molecular weight excluding hydrogens is 158 g/mol. The van der Waals surface area contributed by atoms with Crippen LogP contribution in [-0.4, -0.2) is 10.9 Å². The summed E-state index contributed by atoms with van der Waals surface area (Å²) in [6, 6.07) is 6.86. The molecule has 1 atom stereocenters. The van der Waals surface area contributed by atoms with Crippen molar-refractivity contribution in [1.82, 2.24) is 0 Å². The summed E-state index contributed by atoms with van der Waals surface area (Å²) in [6.45, 7) is 0. The van der Waals surface area contributed by atoms with Gasteiger partial charge in [-0.05, 0) is 6.07 Å². The van der Waals surface area contributed by atoms with Crippen LogP contribution in [0.3, 0.4) is 0 Å². The third-order valence-electron chi connectivity index (χ3n) is 1.53. The van der Waals surface area contributed by atoms with E-state index in [1.807, 2.05) is 6.07 Å². The van der Waals surface area contributed by atoms with Gasteiger partial charge in [-0.15, -0.1) is 0 Å². The van der Waals surface area contributed by atoms with Crippen molar-refractivity contribution >= 4 is 12.6 Å². The maximum atomic E-state index is 9.30. The summed E-state index contributed by atoms with van der Waals surface area (Å²) in [5, 5.41) is 9.30. The molecule has 0 saturated heterocycles. The lowest BCUT2D eigenvalue weighted by molar-refractivity contribution is 0.464. The Morgan fingerprint density at radius 3 is 2.64 bits per heavy atom. The molecule has 11 heavy (non-hydrogen) atoms. The maximum absolute atomic E-state index is 9.30. The van der Waals surface area contributed by atoms with Crippen molar-refractivity contribution in [2.75, 3.05) is 5.75 Å². The van der Waals surface area contributed by atoms with E-state index in [4.69, 9.17) is 5.73 Å². The predicted octanol–water partition coefficient (Wildman–Crippen LogP) is 1.32. The molecule has 0 amide bonds. The molecule has 0 heterocycles. The molecule has 2 nitrogen and oxygen atoms in total. The van der Waals surface area contributed by atoms with E-state index in [9.17, 15) is 5.11 Å². The predicted molar refractivity (Wildman–Crippen MR) is 48.9 cm³/mol. The van der Waals surface area contributed by atoms with Gasteiger partial charge in [0.25, 0.3) is 0 Å². The molecule has 0 aliphatic carbocycles. The number of phenols is 1. The zero-order valence-corrected chi connectivity index (χ0v) is 6.96. The Bertz CT molecular complexity index is 239. The molecular formula is C8H11NOS. The first kappa shape index (κ1) is 8.43. The molecule has 1 rings (SSSR count). The minimum Gasteiger partial charge on any atom is -0.508 e. The molecule has 1 aromatic carbocycles. The highest BCUT2D eigenvalue weighted by atomic mass is 32.1. The Labute approximate surface area is 71.5 Å². The second kappa shape index (κ2) is 3.64. The number of aromatic hydroxyl groups is 1. The third kappa shape index (κ3) is 1.88. The Kier molecular flexibility index (Phi) is 2.79. The molecule has 3 N–H and O–H groups in total. The number of benzene rings is 1. The minimum atomic E-state index is -0.181. The quantitative estimate of drug-likeness (QED) is 0.585. The number of hydrogen-bond donors (Lipinski definition) is 3. The molecule has 1 aromatic rings. The van der Waals surface area contributed by atoms with E-state index in [1.54, 1.807) is 18.2 Å². The van der Waals surface area contributed by atoms with Crippen LogP contribution in [0.5, 0.6) is 5.75 Å². The van der Waals surface area contributed by atoms with Crippen molar-refractivity contribution in [3.8, 4) is 5.75 Å². The monoisotopic (exact) mass is 169 g/mol. The SMILES string of the molecule is NC(CS)c1ccccc1O. The smallest absolute Gasteiger partial charge is 0.120 e. The van der Waals surface area contributed by atoms with Gasteiger partial charge in [-0.2, -0.15) is 12.6 Å². The van der Waals surface area contributed by atoms with Gasteiger partial charge in [-0.3, -0.25) is 0 Å². The zero-order valence-electron chi connectivity index (χ0n) is 6.07. The van der Waals surface area contributed by atoms with Gasteiger partial charge in [0, 0.05) is 17.4 Å². The highest BCUT2D eigenvalue weighted by Gasteiger charge is 2.06. The van der Waals surface area contributed by atoms with Crippen LogP contribution in [0.1, 0.15) is 11.6 Å². The van der Waals surface area contributed by atoms with Crippen LogP contribution in [-0.2, 0) is 0 Å². The van der Waals surface area contributed by atoms with E-state index in [2.05, 4.69) is 12.6 Å². The first-order chi connectivity index (χ1) is 5.25. The Morgan fingerprint density at radius 1 is 1.45 bits per heavy atom. The van der Waals surface area contributed by atoms with Crippen molar-refractivity contribution in [2.24, 2.45) is 5.73 Å². The fraction of sp³-hybridized carbons (Fsp3) is 0.250. The van der Waals surface area contributed by atoms with Crippen molar-refractivity contribution in [1.29, 1.82) is 0 Å². The van der Waals surface area contributed by atoms with Crippen LogP contribution in [0.2, 0.25) is 0 Å². The Balaban J connectivity index is 2.93. The van der Waals surface area contributed by atoms with Crippen molar-refractivity contribution in [3.63, 3.8) is 0 Å². The first-order valence-electron chi connectivity index (χ1n) is 3.40. The number of hydrogen-bond acceptors (Lipinski definition) is 3. The second-order valence-electron chi connectivity index (χ2n) is 2.35. The largest absolute Gasteiger partial charge is 0.508 e. The van der Waals surface area contributed by atoms with Gasteiger partial charge in [0.1, 0.15) is 5.75 Å². The third-order valence-corrected chi connectivity index (χ3v) is 1.93. The van der Waals surface area contributed by atoms with Gasteiger partial charge < -0.3 is 10.8 Å². The maximum Gasteiger partial charge on any atom is 0.120 e. The summed E-state index contributed by atoms with van der Waals surface area (Å²) in [6.07, 6.45) is 0. The van der Waals surface area contributed by atoms with E-state index in [-0.39, 0.29) is 11.8 Å². The zero-order chi connectivity index (χ0) is 8.27. The second-order valence-corrected chi connectivity index (χ2v) is 2.71. The molecule has 60 valence electrons. The standard InChI is InChI=1S/C8H11NOS/c9-7(5-11)6-3-1-2-4-8(6)10/h1-4,7,10-11H,5,9H2. The van der Waals surface area contributed by atoms with E-state index in [0.29, 0.717) is 5.75 Å². The summed E-state index contributed by atoms with van der Waals surface area (Å²) in [5.41, 5.74) is 6.41. The fourth-order valence-electron chi connectivity index (χ4n) is 0.899. The van der Waals surface area contributed by atoms with Crippen LogP contribution in [0.25, 0.3) is 0 Å². The molecule has 1 unspecified atom stereocenters. The van der Waals surface area contributed by atoms with Crippen LogP contribution < -0.4 is 5.73 Å². The molecule has 0 radical (unpaired) electrons. The lowest BCUT2D eigenvalue weighted by Gasteiger charge is -2.09. The number of phenolic OH excluding ortho intramolecular Hbond substituents is 1. The molecule has 3 heteroatoms. The van der Waals surface area contributed by atoms with Gasteiger partial charge in [-0.1, -0.05) is 18.2 Å². The normalized spacial score (nSPS) is 12.9. The lowest BCUT2D eigenvalue weighted by atomic mass is 10.1. The lowest BCUT2D eigenvalue weighted by Crippen LogP contribution is -2.11. The summed E-state index contributed by atoms with van der Waals surface area (Å²) in [7, 11) is 0. The van der Waals surface area contributed by atoms with Gasteiger partial charge in [0.15, 0.2) is 0 Å². The number of thiol groups is 1. The van der Waals surface area contributed by atoms with Gasteiger partial charge in [0.2, 0.25) is 0 Å². The Morgan fingerprint density at radius 2 is 2.09 bits per heavy atom. The molecule has 0 aliphatic heterocycles. The van der Waals surface area contributed by atoms with Crippen LogP contribution >= 0.6 is 12.6 Å². The summed E-state index contributed by atoms with van der Waals surface area (Å²) < 4.78 is 0. The van der Waals surface area contributed by atoms with Crippen molar-refractivity contribution in [3.05, 3.63) is 29.8 Å². The van der Waals surface area contributed by atoms with E-state index >= 15 is 0 Å². The van der Waals surface area contributed by atoms with E-state index < -0.39 is 0 Å².